The summed E-state index contributed by atoms with van der Waals surface area (Å²) >= 11 is 0. The predicted octanol–water partition coefficient (Wildman–Crippen LogP) is 5.26. The molecule has 0 bridgehead atoms. The molecule has 0 amide bonds. The van der Waals surface area contributed by atoms with Gasteiger partial charge < -0.3 is 19.7 Å². The topological polar surface area (TPSA) is 93.1 Å². The lowest BCUT2D eigenvalue weighted by atomic mass is 9.83. The normalized spacial score (nSPS) is 11.0. The number of phenols is 2. The molecule has 0 saturated carbocycles. The molecule has 32 heavy (non-hydrogen) atoms. The van der Waals surface area contributed by atoms with E-state index in [0.29, 0.717) is 43.8 Å². The van der Waals surface area contributed by atoms with Crippen LogP contribution in [-0.2, 0) is 9.47 Å². The molecule has 0 unspecified atom stereocenters. The number of hydrogen-bond donors (Lipinski definition) is 2. The molecule has 0 aliphatic rings. The third kappa shape index (κ3) is 2.95. The molecule has 0 fully saturated rings. The molecule has 2 N–H and O–H groups in total. The number of ether oxygens (including phenoxy) is 2. The maximum atomic E-state index is 12.6. The number of hydrogen-bond acceptors (Lipinski definition) is 6. The Kier molecular flexibility index (Phi) is 5.22. The lowest BCUT2D eigenvalue weighted by molar-refractivity contribution is 0.0587. The number of fused-ring (bicyclic) bond motifs is 2. The molecule has 0 spiro atoms. The number of phenolic OH excluding ortho intramolecular Hbond substituents is 2. The average molecular weight is 430 g/mol. The van der Waals surface area contributed by atoms with E-state index in [4.69, 9.17) is 9.47 Å². The second-order valence-corrected chi connectivity index (χ2v) is 7.52. The molecule has 162 valence electrons. The monoisotopic (exact) mass is 430 g/mol. The minimum Gasteiger partial charge on any atom is -0.506 e. The summed E-state index contributed by atoms with van der Waals surface area (Å²) in [6, 6.07) is 14.3. The van der Waals surface area contributed by atoms with Crippen molar-refractivity contribution in [2.75, 3.05) is 14.2 Å². The van der Waals surface area contributed by atoms with Gasteiger partial charge in [-0.05, 0) is 46.9 Å². The number of carbonyl (C=O) groups is 2. The van der Waals surface area contributed by atoms with Crippen molar-refractivity contribution in [3.05, 3.63) is 70.8 Å². The van der Waals surface area contributed by atoms with Crippen molar-refractivity contribution >= 4 is 33.5 Å². The van der Waals surface area contributed by atoms with Crippen molar-refractivity contribution in [1.29, 1.82) is 0 Å². The fourth-order valence-electron chi connectivity index (χ4n) is 4.44. The van der Waals surface area contributed by atoms with Gasteiger partial charge in [0.1, 0.15) is 22.6 Å². The first-order valence-corrected chi connectivity index (χ1v) is 9.98. The van der Waals surface area contributed by atoms with Crippen LogP contribution in [0.5, 0.6) is 11.5 Å². The Hall–Kier alpha value is -4.06. The molecular formula is C26H22O6. The SMILES string of the molecule is COC(=O)c1c(C)c(-c2c(C)c(C(=O)OC)c(O)c3ccccc23)c2ccccc2c1O. The van der Waals surface area contributed by atoms with Crippen molar-refractivity contribution in [1.82, 2.24) is 0 Å². The van der Waals surface area contributed by atoms with Crippen LogP contribution in [0.25, 0.3) is 32.7 Å². The zero-order chi connectivity index (χ0) is 23.2. The van der Waals surface area contributed by atoms with E-state index in [2.05, 4.69) is 0 Å². The second kappa shape index (κ2) is 7.89. The molecule has 4 rings (SSSR count). The molecule has 0 aliphatic heterocycles. The number of aromatic hydroxyl groups is 2. The van der Waals surface area contributed by atoms with Gasteiger partial charge in [0.25, 0.3) is 0 Å². The highest BCUT2D eigenvalue weighted by Crippen LogP contribution is 2.47. The average Bonchev–Trinajstić information content (AvgIpc) is 2.80. The van der Waals surface area contributed by atoms with Gasteiger partial charge >= 0.3 is 11.9 Å². The number of methoxy groups -OCH3 is 2. The van der Waals surface area contributed by atoms with Crippen molar-refractivity contribution in [2.45, 2.75) is 13.8 Å². The summed E-state index contributed by atoms with van der Waals surface area (Å²) in [5.74, 6) is -1.66. The van der Waals surface area contributed by atoms with E-state index in [9.17, 15) is 19.8 Å². The first kappa shape index (κ1) is 21.2. The second-order valence-electron chi connectivity index (χ2n) is 7.52. The molecule has 0 aliphatic carbocycles. The van der Waals surface area contributed by atoms with Crippen molar-refractivity contribution in [3.63, 3.8) is 0 Å². The number of benzene rings is 4. The fraction of sp³-hybridized carbons (Fsp3) is 0.154. The van der Waals surface area contributed by atoms with E-state index in [1.165, 1.54) is 14.2 Å². The molecule has 0 atom stereocenters. The Labute approximate surface area is 184 Å². The molecule has 0 aromatic heterocycles. The van der Waals surface area contributed by atoms with Gasteiger partial charge in [-0.25, -0.2) is 9.59 Å². The molecule has 0 heterocycles. The molecule has 0 saturated heterocycles. The van der Waals surface area contributed by atoms with E-state index in [-0.39, 0.29) is 22.6 Å². The van der Waals surface area contributed by atoms with Gasteiger partial charge in [0.2, 0.25) is 0 Å². The van der Waals surface area contributed by atoms with E-state index in [1.807, 2.05) is 24.3 Å². The Balaban J connectivity index is 2.30. The van der Waals surface area contributed by atoms with Gasteiger partial charge in [-0.2, -0.15) is 0 Å². The van der Waals surface area contributed by atoms with Crippen LogP contribution >= 0.6 is 0 Å². The minimum absolute atomic E-state index is 0.0531. The highest BCUT2D eigenvalue weighted by Gasteiger charge is 2.28. The van der Waals surface area contributed by atoms with Crippen LogP contribution < -0.4 is 0 Å². The van der Waals surface area contributed by atoms with Crippen LogP contribution in [0.2, 0.25) is 0 Å². The maximum Gasteiger partial charge on any atom is 0.341 e. The smallest absolute Gasteiger partial charge is 0.341 e. The van der Waals surface area contributed by atoms with E-state index in [1.54, 1.807) is 38.1 Å². The van der Waals surface area contributed by atoms with Gasteiger partial charge in [-0.15, -0.1) is 0 Å². The summed E-state index contributed by atoms with van der Waals surface area (Å²) in [6.45, 7) is 3.46. The van der Waals surface area contributed by atoms with Gasteiger partial charge in [0.15, 0.2) is 0 Å². The van der Waals surface area contributed by atoms with Crippen LogP contribution in [0.3, 0.4) is 0 Å². The van der Waals surface area contributed by atoms with Crippen molar-refractivity contribution in [3.8, 4) is 22.6 Å². The first-order chi connectivity index (χ1) is 15.3. The lowest BCUT2D eigenvalue weighted by Gasteiger charge is -2.21. The largest absolute Gasteiger partial charge is 0.506 e. The number of esters is 2. The van der Waals surface area contributed by atoms with Crippen LogP contribution in [0.15, 0.2) is 48.5 Å². The summed E-state index contributed by atoms with van der Waals surface area (Å²) in [7, 11) is 2.51. The Bertz CT molecular complexity index is 1310. The standard InChI is InChI=1S/C26H22O6/c1-13-19(15-9-5-7-11-17(15)23(27)21(13)25(29)31-3)20-14(2)22(26(30)32-4)24(28)18-12-8-6-10-16(18)20/h5-12,27-28H,1-4H3. The Morgan fingerprint density at radius 1 is 0.625 bits per heavy atom. The zero-order valence-corrected chi connectivity index (χ0v) is 18.1. The van der Waals surface area contributed by atoms with Crippen LogP contribution in [-0.4, -0.2) is 36.4 Å². The Morgan fingerprint density at radius 3 is 1.25 bits per heavy atom. The number of carbonyl (C=O) groups excluding carboxylic acids is 2. The van der Waals surface area contributed by atoms with Gasteiger partial charge in [-0.3, -0.25) is 0 Å². The highest BCUT2D eigenvalue weighted by atomic mass is 16.5. The third-order valence-electron chi connectivity index (χ3n) is 5.91. The fourth-order valence-corrected chi connectivity index (χ4v) is 4.44. The summed E-state index contributed by atoms with van der Waals surface area (Å²) in [5, 5.41) is 24.1. The zero-order valence-electron chi connectivity index (χ0n) is 18.1. The van der Waals surface area contributed by atoms with Crippen LogP contribution in [0.1, 0.15) is 31.8 Å². The molecule has 4 aromatic carbocycles. The first-order valence-electron chi connectivity index (χ1n) is 9.98. The van der Waals surface area contributed by atoms with Crippen LogP contribution in [0.4, 0.5) is 0 Å². The summed E-state index contributed by atoms with van der Waals surface area (Å²) < 4.78 is 9.88. The van der Waals surface area contributed by atoms with Gasteiger partial charge in [0, 0.05) is 10.8 Å². The summed E-state index contributed by atoms with van der Waals surface area (Å²) in [5.41, 5.74) is 2.44. The van der Waals surface area contributed by atoms with Crippen molar-refractivity contribution in [2.24, 2.45) is 0 Å². The number of rotatable bonds is 3. The van der Waals surface area contributed by atoms with Crippen LogP contribution in [0, 0.1) is 13.8 Å². The molecule has 4 aromatic rings. The minimum atomic E-state index is -0.666. The quantitative estimate of drug-likeness (QED) is 0.431. The van der Waals surface area contributed by atoms with Gasteiger partial charge in [-0.1, -0.05) is 48.5 Å². The van der Waals surface area contributed by atoms with E-state index in [0.717, 1.165) is 0 Å². The summed E-state index contributed by atoms with van der Waals surface area (Å²) in [4.78, 5) is 25.2. The summed E-state index contributed by atoms with van der Waals surface area (Å²) in [6.07, 6.45) is 0. The third-order valence-corrected chi connectivity index (χ3v) is 5.91. The maximum absolute atomic E-state index is 12.6. The highest BCUT2D eigenvalue weighted by molar-refractivity contribution is 6.17. The predicted molar refractivity (Wildman–Crippen MR) is 122 cm³/mol. The molecule has 6 heteroatoms. The molecule has 6 nitrogen and oxygen atoms in total. The van der Waals surface area contributed by atoms with Gasteiger partial charge in [0.05, 0.1) is 14.2 Å². The molecular weight excluding hydrogens is 408 g/mol. The van der Waals surface area contributed by atoms with Crippen molar-refractivity contribution < 1.29 is 29.3 Å². The Morgan fingerprint density at radius 2 is 0.938 bits per heavy atom. The molecule has 0 radical (unpaired) electrons. The lowest BCUT2D eigenvalue weighted by Crippen LogP contribution is -2.09. The van der Waals surface area contributed by atoms with E-state index >= 15 is 0 Å². The van der Waals surface area contributed by atoms with E-state index < -0.39 is 11.9 Å².